The second kappa shape index (κ2) is 3.07. The lowest BCUT2D eigenvalue weighted by atomic mass is 10.3. The summed E-state index contributed by atoms with van der Waals surface area (Å²) < 4.78 is 12.6. The zero-order valence-electron chi connectivity index (χ0n) is 6.01. The maximum absolute atomic E-state index is 12.6. The van der Waals surface area contributed by atoms with Crippen LogP contribution in [0.5, 0.6) is 0 Å². The van der Waals surface area contributed by atoms with Crippen molar-refractivity contribution in [2.24, 2.45) is 5.84 Å². The molecule has 2 N–H and O–H groups in total. The minimum Gasteiger partial charge on any atom is -0.313 e. The van der Waals surface area contributed by atoms with Crippen molar-refractivity contribution < 1.29 is 4.39 Å². The predicted octanol–water partition coefficient (Wildman–Crippen LogP) is 1.79. The van der Waals surface area contributed by atoms with Crippen LogP contribution in [0.3, 0.4) is 0 Å². The Bertz CT molecular complexity index is 263. The summed E-state index contributed by atoms with van der Waals surface area (Å²) in [5.74, 6) is 5.02. The molecule has 0 spiro atoms. The van der Waals surface area contributed by atoms with E-state index in [9.17, 15) is 4.39 Å². The first-order valence-corrected chi connectivity index (χ1v) is 3.42. The summed E-state index contributed by atoms with van der Waals surface area (Å²) in [5, 5.41) is 1.71. The number of hydrazine groups is 1. The zero-order chi connectivity index (χ0) is 8.43. The van der Waals surface area contributed by atoms with E-state index in [1.54, 1.807) is 7.05 Å². The van der Waals surface area contributed by atoms with E-state index in [1.165, 1.54) is 23.2 Å². The molecular weight excluding hydrogens is 167 g/mol. The molecule has 0 amide bonds. The Morgan fingerprint density at radius 1 is 1.55 bits per heavy atom. The lowest BCUT2D eigenvalue weighted by Crippen LogP contribution is -2.25. The van der Waals surface area contributed by atoms with Crippen molar-refractivity contribution in [2.75, 3.05) is 12.1 Å². The van der Waals surface area contributed by atoms with Crippen molar-refractivity contribution in [3.63, 3.8) is 0 Å². The molecule has 0 fully saturated rings. The fraction of sp³-hybridized carbons (Fsp3) is 0.143. The van der Waals surface area contributed by atoms with Crippen molar-refractivity contribution in [2.45, 2.75) is 0 Å². The van der Waals surface area contributed by atoms with E-state index in [-0.39, 0.29) is 5.82 Å². The van der Waals surface area contributed by atoms with Crippen LogP contribution in [0.2, 0.25) is 5.02 Å². The SMILES string of the molecule is CN(N)c1cc(F)ccc1Cl. The summed E-state index contributed by atoms with van der Waals surface area (Å²) in [4.78, 5) is 0. The molecule has 0 atom stereocenters. The fourth-order valence-electron chi connectivity index (χ4n) is 0.756. The molecule has 1 aromatic rings. The lowest BCUT2D eigenvalue weighted by molar-refractivity contribution is 0.627. The van der Waals surface area contributed by atoms with Gasteiger partial charge in [-0.15, -0.1) is 0 Å². The van der Waals surface area contributed by atoms with Crippen molar-refractivity contribution in [3.8, 4) is 0 Å². The Morgan fingerprint density at radius 3 is 2.64 bits per heavy atom. The molecule has 1 rings (SSSR count). The van der Waals surface area contributed by atoms with Crippen LogP contribution in [-0.2, 0) is 0 Å². The van der Waals surface area contributed by atoms with Crippen LogP contribution < -0.4 is 10.9 Å². The largest absolute Gasteiger partial charge is 0.313 e. The highest BCUT2D eigenvalue weighted by molar-refractivity contribution is 6.33. The minimum atomic E-state index is -0.346. The van der Waals surface area contributed by atoms with Gasteiger partial charge in [0.1, 0.15) is 5.82 Å². The van der Waals surface area contributed by atoms with Gasteiger partial charge >= 0.3 is 0 Å². The number of nitrogens with two attached hydrogens (primary N) is 1. The van der Waals surface area contributed by atoms with Crippen molar-refractivity contribution in [3.05, 3.63) is 29.0 Å². The van der Waals surface area contributed by atoms with Crippen molar-refractivity contribution >= 4 is 17.3 Å². The van der Waals surface area contributed by atoms with E-state index in [2.05, 4.69) is 0 Å². The van der Waals surface area contributed by atoms with E-state index >= 15 is 0 Å². The Hall–Kier alpha value is -0.800. The third kappa shape index (κ3) is 1.82. The third-order valence-electron chi connectivity index (χ3n) is 1.29. The third-order valence-corrected chi connectivity index (χ3v) is 1.61. The maximum atomic E-state index is 12.6. The van der Waals surface area contributed by atoms with E-state index in [0.717, 1.165) is 0 Å². The molecule has 11 heavy (non-hydrogen) atoms. The molecule has 0 heterocycles. The first-order valence-electron chi connectivity index (χ1n) is 3.05. The van der Waals surface area contributed by atoms with Crippen LogP contribution in [0.15, 0.2) is 18.2 Å². The summed E-state index contributed by atoms with van der Waals surface area (Å²) in [6.07, 6.45) is 0. The molecule has 0 saturated carbocycles. The monoisotopic (exact) mass is 174 g/mol. The van der Waals surface area contributed by atoms with Gasteiger partial charge in [-0.1, -0.05) is 11.6 Å². The molecule has 0 radical (unpaired) electrons. The summed E-state index contributed by atoms with van der Waals surface area (Å²) >= 11 is 5.70. The van der Waals surface area contributed by atoms with Crippen LogP contribution >= 0.6 is 11.6 Å². The molecule has 2 nitrogen and oxygen atoms in total. The van der Waals surface area contributed by atoms with E-state index in [4.69, 9.17) is 17.4 Å². The highest BCUT2D eigenvalue weighted by atomic mass is 35.5. The van der Waals surface area contributed by atoms with Gasteiger partial charge in [-0.25, -0.2) is 10.2 Å². The molecule has 0 bridgehead atoms. The highest BCUT2D eigenvalue weighted by Gasteiger charge is 2.02. The number of rotatable bonds is 1. The molecule has 0 aliphatic heterocycles. The number of anilines is 1. The molecule has 0 unspecified atom stereocenters. The molecule has 60 valence electrons. The number of halogens is 2. The van der Waals surface area contributed by atoms with Gasteiger partial charge < -0.3 is 5.01 Å². The Morgan fingerprint density at radius 2 is 2.18 bits per heavy atom. The van der Waals surface area contributed by atoms with Gasteiger partial charge in [0, 0.05) is 13.1 Å². The molecular formula is C7H8ClFN2. The predicted molar refractivity (Wildman–Crippen MR) is 44.0 cm³/mol. The van der Waals surface area contributed by atoms with Gasteiger partial charge in [0.15, 0.2) is 0 Å². The maximum Gasteiger partial charge on any atom is 0.125 e. The summed E-state index contributed by atoms with van der Waals surface area (Å²) in [5.41, 5.74) is 0.478. The number of hydrogen-bond acceptors (Lipinski definition) is 2. The second-order valence-electron chi connectivity index (χ2n) is 2.21. The second-order valence-corrected chi connectivity index (χ2v) is 2.61. The number of nitrogens with zero attached hydrogens (tertiary/aromatic N) is 1. The lowest BCUT2D eigenvalue weighted by Gasteiger charge is -2.13. The molecule has 4 heteroatoms. The molecule has 0 aliphatic rings. The average Bonchev–Trinajstić information content (AvgIpc) is 1.94. The van der Waals surface area contributed by atoms with E-state index in [1.807, 2.05) is 0 Å². The van der Waals surface area contributed by atoms with Crippen molar-refractivity contribution in [1.82, 2.24) is 0 Å². The minimum absolute atomic E-state index is 0.346. The molecule has 0 aliphatic carbocycles. The Balaban J connectivity index is 3.13. The summed E-state index contributed by atoms with van der Waals surface area (Å²) in [7, 11) is 1.60. The number of hydrogen-bond donors (Lipinski definition) is 1. The molecule has 1 aromatic carbocycles. The first kappa shape index (κ1) is 8.30. The Labute approximate surface area is 69.3 Å². The van der Waals surface area contributed by atoms with Crippen molar-refractivity contribution in [1.29, 1.82) is 0 Å². The summed E-state index contributed by atoms with van der Waals surface area (Å²) in [6, 6.07) is 4.03. The molecule has 0 aromatic heterocycles. The van der Waals surface area contributed by atoms with Gasteiger partial charge in [-0.2, -0.15) is 0 Å². The van der Waals surface area contributed by atoms with Crippen LogP contribution in [0.4, 0.5) is 10.1 Å². The van der Waals surface area contributed by atoms with Gasteiger partial charge in [0.2, 0.25) is 0 Å². The first-order chi connectivity index (χ1) is 5.11. The van der Waals surface area contributed by atoms with E-state index < -0.39 is 0 Å². The highest BCUT2D eigenvalue weighted by Crippen LogP contribution is 2.23. The van der Waals surface area contributed by atoms with Crippen LogP contribution in [0.25, 0.3) is 0 Å². The van der Waals surface area contributed by atoms with Gasteiger partial charge in [0.05, 0.1) is 10.7 Å². The van der Waals surface area contributed by atoms with Gasteiger partial charge in [-0.3, -0.25) is 0 Å². The average molecular weight is 175 g/mol. The fourth-order valence-corrected chi connectivity index (χ4v) is 1.01. The molecule has 0 saturated heterocycles. The quantitative estimate of drug-likeness (QED) is 0.520. The topological polar surface area (TPSA) is 29.3 Å². The number of benzene rings is 1. The standard InChI is InChI=1S/C7H8ClFN2/c1-11(10)7-4-5(9)2-3-6(7)8/h2-4H,10H2,1H3. The van der Waals surface area contributed by atoms with Crippen LogP contribution in [0, 0.1) is 5.82 Å². The van der Waals surface area contributed by atoms with Crippen LogP contribution in [-0.4, -0.2) is 7.05 Å². The van der Waals surface area contributed by atoms with Gasteiger partial charge in [0.25, 0.3) is 0 Å². The summed E-state index contributed by atoms with van der Waals surface area (Å²) in [6.45, 7) is 0. The normalized spacial score (nSPS) is 9.82. The Kier molecular flexibility index (Phi) is 2.31. The smallest absolute Gasteiger partial charge is 0.125 e. The zero-order valence-corrected chi connectivity index (χ0v) is 6.77. The van der Waals surface area contributed by atoms with Crippen LogP contribution in [0.1, 0.15) is 0 Å². The van der Waals surface area contributed by atoms with E-state index in [0.29, 0.717) is 10.7 Å². The van der Waals surface area contributed by atoms with Gasteiger partial charge in [-0.05, 0) is 12.1 Å².